The minimum absolute atomic E-state index is 0.205. The molecule has 2 aromatic carbocycles. The highest BCUT2D eigenvalue weighted by Gasteiger charge is 2.22. The van der Waals surface area contributed by atoms with Crippen molar-refractivity contribution in [1.29, 1.82) is 5.26 Å². The van der Waals surface area contributed by atoms with Crippen LogP contribution in [0.2, 0.25) is 0 Å². The molecule has 7 heteroatoms. The summed E-state index contributed by atoms with van der Waals surface area (Å²) >= 11 is 0. The van der Waals surface area contributed by atoms with Crippen molar-refractivity contribution in [2.24, 2.45) is 0 Å². The van der Waals surface area contributed by atoms with Gasteiger partial charge in [0.05, 0.1) is 25.3 Å². The lowest BCUT2D eigenvalue weighted by atomic mass is 10.0. The number of carbonyl (C=O) groups is 3. The number of amides is 2. The lowest BCUT2D eigenvalue weighted by molar-refractivity contribution is -0.144. The van der Waals surface area contributed by atoms with E-state index in [1.807, 2.05) is 6.07 Å². The summed E-state index contributed by atoms with van der Waals surface area (Å²) in [6.45, 7) is -0.269. The molecule has 0 spiro atoms. The van der Waals surface area contributed by atoms with Crippen LogP contribution in [-0.4, -0.2) is 37.5 Å². The molecule has 0 heterocycles. The fraction of sp³-hybridized carbons (Fsp3) is 0.200. The van der Waals surface area contributed by atoms with Gasteiger partial charge in [0, 0.05) is 12.0 Å². The zero-order valence-electron chi connectivity index (χ0n) is 14.8. The van der Waals surface area contributed by atoms with E-state index in [9.17, 15) is 14.4 Å². The Bertz CT molecular complexity index is 842. The first-order chi connectivity index (χ1) is 13.0. The Balaban J connectivity index is 1.94. The first-order valence-corrected chi connectivity index (χ1v) is 8.23. The molecule has 0 fully saturated rings. The molecule has 2 rings (SSSR count). The first kappa shape index (κ1) is 19.7. The van der Waals surface area contributed by atoms with Crippen molar-refractivity contribution in [3.63, 3.8) is 0 Å². The number of hydrogen-bond donors (Lipinski definition) is 2. The Morgan fingerprint density at radius 3 is 2.33 bits per heavy atom. The molecule has 0 saturated carbocycles. The number of esters is 1. The van der Waals surface area contributed by atoms with E-state index in [1.165, 1.54) is 7.11 Å². The Kier molecular flexibility index (Phi) is 7.08. The van der Waals surface area contributed by atoms with Crippen molar-refractivity contribution < 1.29 is 19.1 Å². The molecule has 2 amide bonds. The zero-order chi connectivity index (χ0) is 19.6. The molecule has 138 valence electrons. The molecule has 0 bridgehead atoms. The van der Waals surface area contributed by atoms with E-state index in [1.54, 1.807) is 54.6 Å². The van der Waals surface area contributed by atoms with Crippen LogP contribution >= 0.6 is 0 Å². The summed E-state index contributed by atoms with van der Waals surface area (Å²) < 4.78 is 4.73. The van der Waals surface area contributed by atoms with Gasteiger partial charge in [-0.2, -0.15) is 5.26 Å². The van der Waals surface area contributed by atoms with Gasteiger partial charge in [-0.05, 0) is 29.8 Å². The van der Waals surface area contributed by atoms with E-state index in [0.29, 0.717) is 11.1 Å². The van der Waals surface area contributed by atoms with Crippen LogP contribution in [0, 0.1) is 11.3 Å². The molecule has 0 saturated heterocycles. The van der Waals surface area contributed by atoms with E-state index in [-0.39, 0.29) is 18.9 Å². The van der Waals surface area contributed by atoms with Crippen molar-refractivity contribution in [2.45, 2.75) is 12.5 Å². The van der Waals surface area contributed by atoms with Crippen LogP contribution in [0.25, 0.3) is 0 Å². The summed E-state index contributed by atoms with van der Waals surface area (Å²) in [5.74, 6) is -1.49. The van der Waals surface area contributed by atoms with Gasteiger partial charge in [-0.25, -0.2) is 4.79 Å². The van der Waals surface area contributed by atoms with E-state index in [0.717, 1.165) is 5.56 Å². The fourth-order valence-electron chi connectivity index (χ4n) is 2.38. The van der Waals surface area contributed by atoms with Gasteiger partial charge in [0.15, 0.2) is 0 Å². The second-order valence-corrected chi connectivity index (χ2v) is 5.70. The minimum atomic E-state index is -0.899. The Labute approximate surface area is 156 Å². The third kappa shape index (κ3) is 5.97. The van der Waals surface area contributed by atoms with Crippen molar-refractivity contribution in [1.82, 2.24) is 10.6 Å². The highest BCUT2D eigenvalue weighted by atomic mass is 16.5. The summed E-state index contributed by atoms with van der Waals surface area (Å²) in [5.41, 5.74) is 1.70. The van der Waals surface area contributed by atoms with Crippen molar-refractivity contribution >= 4 is 17.8 Å². The molecule has 0 aliphatic carbocycles. The highest BCUT2D eigenvalue weighted by molar-refractivity contribution is 5.96. The van der Waals surface area contributed by atoms with Crippen LogP contribution in [0.3, 0.4) is 0 Å². The molecule has 0 aliphatic rings. The number of ether oxygens (including phenoxy) is 1. The number of hydrogen-bond acceptors (Lipinski definition) is 5. The molecular formula is C20H19N3O4. The largest absolute Gasteiger partial charge is 0.467 e. The number of nitrogens with zero attached hydrogens (tertiary/aromatic N) is 1. The zero-order valence-corrected chi connectivity index (χ0v) is 14.8. The Hall–Kier alpha value is -3.66. The van der Waals surface area contributed by atoms with Gasteiger partial charge in [0.2, 0.25) is 5.91 Å². The summed E-state index contributed by atoms with van der Waals surface area (Å²) in [7, 11) is 1.23. The third-order valence-electron chi connectivity index (χ3n) is 3.79. The quantitative estimate of drug-likeness (QED) is 0.717. The molecule has 1 atom stereocenters. The number of nitrogens with one attached hydrogen (secondary N) is 2. The maximum atomic E-state index is 12.1. The molecule has 27 heavy (non-hydrogen) atoms. The van der Waals surface area contributed by atoms with Crippen molar-refractivity contribution in [3.8, 4) is 6.07 Å². The summed E-state index contributed by atoms with van der Waals surface area (Å²) in [4.78, 5) is 36.0. The van der Waals surface area contributed by atoms with Crippen LogP contribution in [0.1, 0.15) is 21.5 Å². The Morgan fingerprint density at radius 2 is 1.74 bits per heavy atom. The normalized spacial score (nSPS) is 11.0. The topological polar surface area (TPSA) is 108 Å². The molecule has 0 aromatic heterocycles. The van der Waals surface area contributed by atoms with E-state index < -0.39 is 17.9 Å². The number of rotatable bonds is 7. The number of benzene rings is 2. The van der Waals surface area contributed by atoms with Crippen LogP contribution in [0.5, 0.6) is 0 Å². The van der Waals surface area contributed by atoms with Gasteiger partial charge < -0.3 is 15.4 Å². The van der Waals surface area contributed by atoms with Gasteiger partial charge in [-0.1, -0.05) is 30.3 Å². The minimum Gasteiger partial charge on any atom is -0.467 e. The summed E-state index contributed by atoms with van der Waals surface area (Å²) in [5, 5.41) is 13.9. The average Bonchev–Trinajstić information content (AvgIpc) is 2.72. The maximum absolute atomic E-state index is 12.1. The smallest absolute Gasteiger partial charge is 0.328 e. The van der Waals surface area contributed by atoms with Crippen molar-refractivity contribution in [2.75, 3.05) is 13.7 Å². The number of nitriles is 1. The SMILES string of the molecule is COC(=O)[C@H](Cc1ccc(C#N)cc1)NC(=O)CNC(=O)c1ccccc1. The second-order valence-electron chi connectivity index (χ2n) is 5.70. The molecule has 0 unspecified atom stereocenters. The van der Waals surface area contributed by atoms with Gasteiger partial charge >= 0.3 is 5.97 Å². The lowest BCUT2D eigenvalue weighted by Gasteiger charge is -2.17. The monoisotopic (exact) mass is 365 g/mol. The van der Waals surface area contributed by atoms with Gasteiger partial charge in [0.1, 0.15) is 6.04 Å². The lowest BCUT2D eigenvalue weighted by Crippen LogP contribution is -2.47. The molecule has 2 aromatic rings. The molecule has 0 radical (unpaired) electrons. The van der Waals surface area contributed by atoms with Crippen LogP contribution in [0.15, 0.2) is 54.6 Å². The third-order valence-corrected chi connectivity index (χ3v) is 3.79. The molecule has 2 N–H and O–H groups in total. The van der Waals surface area contributed by atoms with Crippen LogP contribution in [-0.2, 0) is 20.7 Å². The van der Waals surface area contributed by atoms with E-state index in [2.05, 4.69) is 10.6 Å². The predicted octanol–water partition coefficient (Wildman–Crippen LogP) is 1.19. The molecule has 0 aliphatic heterocycles. The fourth-order valence-corrected chi connectivity index (χ4v) is 2.38. The second kappa shape index (κ2) is 9.73. The van der Waals surface area contributed by atoms with E-state index in [4.69, 9.17) is 10.00 Å². The van der Waals surface area contributed by atoms with Crippen LogP contribution < -0.4 is 10.6 Å². The highest BCUT2D eigenvalue weighted by Crippen LogP contribution is 2.07. The van der Waals surface area contributed by atoms with E-state index >= 15 is 0 Å². The van der Waals surface area contributed by atoms with Gasteiger partial charge in [0.25, 0.3) is 5.91 Å². The average molecular weight is 365 g/mol. The molecular weight excluding hydrogens is 346 g/mol. The number of methoxy groups -OCH3 is 1. The molecule has 7 nitrogen and oxygen atoms in total. The van der Waals surface area contributed by atoms with Gasteiger partial charge in [-0.3, -0.25) is 9.59 Å². The standard InChI is InChI=1S/C20H19N3O4/c1-27-20(26)17(11-14-7-9-15(12-21)10-8-14)23-18(24)13-22-19(25)16-5-3-2-4-6-16/h2-10,17H,11,13H2,1H3,(H,22,25)(H,23,24)/t17-/m0/s1. The summed E-state index contributed by atoms with van der Waals surface area (Å²) in [6, 6.07) is 16.3. The van der Waals surface area contributed by atoms with Crippen molar-refractivity contribution in [3.05, 3.63) is 71.3 Å². The number of carbonyl (C=O) groups excluding carboxylic acids is 3. The predicted molar refractivity (Wildman–Crippen MR) is 97.6 cm³/mol. The summed E-state index contributed by atoms with van der Waals surface area (Å²) in [6.07, 6.45) is 0.205. The van der Waals surface area contributed by atoms with Gasteiger partial charge in [-0.15, -0.1) is 0 Å². The first-order valence-electron chi connectivity index (χ1n) is 8.23. The maximum Gasteiger partial charge on any atom is 0.328 e. The Morgan fingerprint density at radius 1 is 1.07 bits per heavy atom. The van der Waals surface area contributed by atoms with Crippen LogP contribution in [0.4, 0.5) is 0 Å².